The van der Waals surface area contributed by atoms with Gasteiger partial charge in [-0.1, -0.05) is 24.3 Å². The van der Waals surface area contributed by atoms with Gasteiger partial charge in [-0.05, 0) is 30.5 Å². The molecule has 2 N–H and O–H groups in total. The molecule has 5 nitrogen and oxygen atoms in total. The highest BCUT2D eigenvalue weighted by Gasteiger charge is 2.04. The van der Waals surface area contributed by atoms with E-state index >= 15 is 0 Å². The number of benzene rings is 1. The molecule has 1 aromatic carbocycles. The van der Waals surface area contributed by atoms with Crippen molar-refractivity contribution in [1.82, 2.24) is 19.6 Å². The van der Waals surface area contributed by atoms with Crippen LogP contribution < -0.4 is 5.73 Å². The van der Waals surface area contributed by atoms with Gasteiger partial charge in [-0.15, -0.1) is 0 Å². The van der Waals surface area contributed by atoms with E-state index in [2.05, 4.69) is 41.4 Å². The normalized spacial score (nSPS) is 10.9. The predicted octanol–water partition coefficient (Wildman–Crippen LogP) is 2.13. The van der Waals surface area contributed by atoms with Crippen LogP contribution in [0, 0.1) is 6.92 Å². The highest BCUT2D eigenvalue weighted by molar-refractivity contribution is 5.38. The second-order valence-corrected chi connectivity index (χ2v) is 5.01. The molecule has 0 saturated carbocycles. The Morgan fingerprint density at radius 3 is 2.24 bits per heavy atom. The molecule has 5 heteroatoms. The van der Waals surface area contributed by atoms with Gasteiger partial charge in [0.15, 0.2) is 0 Å². The van der Waals surface area contributed by atoms with Gasteiger partial charge in [0.25, 0.3) is 0 Å². The first-order valence-corrected chi connectivity index (χ1v) is 6.91. The Morgan fingerprint density at radius 1 is 1.05 bits per heavy atom. The Balaban J connectivity index is 1.69. The molecule has 0 spiro atoms. The third-order valence-electron chi connectivity index (χ3n) is 3.41. The second kappa shape index (κ2) is 5.83. The summed E-state index contributed by atoms with van der Waals surface area (Å²) >= 11 is 0. The summed E-state index contributed by atoms with van der Waals surface area (Å²) in [6.07, 6.45) is 6.37. The van der Waals surface area contributed by atoms with Gasteiger partial charge in [0.05, 0.1) is 13.1 Å². The maximum absolute atomic E-state index is 5.82. The smallest absolute Gasteiger partial charge is 0.148 e. The van der Waals surface area contributed by atoms with Crippen LogP contribution >= 0.6 is 0 Å². The molecule has 0 amide bonds. The molecule has 0 fully saturated rings. The summed E-state index contributed by atoms with van der Waals surface area (Å²) in [7, 11) is 0. The fourth-order valence-electron chi connectivity index (χ4n) is 2.27. The highest BCUT2D eigenvalue weighted by Crippen LogP contribution is 2.12. The lowest BCUT2D eigenvalue weighted by atomic mass is 10.1. The lowest BCUT2D eigenvalue weighted by Crippen LogP contribution is -2.02. The van der Waals surface area contributed by atoms with Gasteiger partial charge < -0.3 is 5.73 Å². The third kappa shape index (κ3) is 3.13. The molecule has 1 radical (unpaired) electrons. The van der Waals surface area contributed by atoms with Gasteiger partial charge in [-0.3, -0.25) is 9.36 Å². The average molecular weight is 280 g/mol. The van der Waals surface area contributed by atoms with Crippen molar-refractivity contribution in [2.75, 3.05) is 5.73 Å². The fraction of sp³-hybridized carbons (Fsp3) is 0.188. The number of nitrogens with zero attached hydrogens (tertiary/aromatic N) is 4. The van der Waals surface area contributed by atoms with Crippen molar-refractivity contribution in [2.24, 2.45) is 0 Å². The summed E-state index contributed by atoms with van der Waals surface area (Å²) in [5.74, 6) is 0.570. The molecule has 2 aromatic heterocycles. The standard InChI is InChI=1S/C16H18N5/c1-2-15-12-21(19-16(15)17)11-14-6-4-13(5-7-14)10-20-9-3-8-18-20/h3-9,12H,1-2,10-11H2,(H2,17,19). The van der Waals surface area contributed by atoms with Gasteiger partial charge in [0.1, 0.15) is 5.82 Å². The van der Waals surface area contributed by atoms with Gasteiger partial charge in [-0.25, -0.2) is 0 Å². The molecule has 0 saturated heterocycles. The van der Waals surface area contributed by atoms with Gasteiger partial charge in [0.2, 0.25) is 0 Å². The van der Waals surface area contributed by atoms with Crippen molar-refractivity contribution in [3.63, 3.8) is 0 Å². The molecule has 0 aliphatic heterocycles. The topological polar surface area (TPSA) is 61.7 Å². The van der Waals surface area contributed by atoms with Crippen LogP contribution in [0.2, 0.25) is 0 Å². The van der Waals surface area contributed by atoms with Crippen LogP contribution in [-0.4, -0.2) is 19.6 Å². The minimum absolute atomic E-state index is 0.570. The summed E-state index contributed by atoms with van der Waals surface area (Å²) in [4.78, 5) is 0. The van der Waals surface area contributed by atoms with Crippen molar-refractivity contribution in [2.45, 2.75) is 19.5 Å². The zero-order valence-corrected chi connectivity index (χ0v) is 11.8. The Kier molecular flexibility index (Phi) is 3.73. The van der Waals surface area contributed by atoms with Gasteiger partial charge >= 0.3 is 0 Å². The molecule has 0 unspecified atom stereocenters. The predicted molar refractivity (Wildman–Crippen MR) is 82.6 cm³/mol. The van der Waals surface area contributed by atoms with Crippen molar-refractivity contribution >= 4 is 5.82 Å². The Morgan fingerprint density at radius 2 is 1.71 bits per heavy atom. The lowest BCUT2D eigenvalue weighted by Gasteiger charge is -2.05. The molecule has 2 heterocycles. The first kappa shape index (κ1) is 13.4. The van der Waals surface area contributed by atoms with E-state index in [-0.39, 0.29) is 0 Å². The SMILES string of the molecule is [CH2]Cc1cn(Cc2ccc(Cn3cccn3)cc2)nc1N. The van der Waals surface area contributed by atoms with E-state index in [0.29, 0.717) is 18.8 Å². The number of rotatable bonds is 5. The largest absolute Gasteiger partial charge is 0.382 e. The zero-order valence-electron chi connectivity index (χ0n) is 11.8. The van der Waals surface area contributed by atoms with Crippen LogP contribution in [0.5, 0.6) is 0 Å². The molecular weight excluding hydrogens is 262 g/mol. The summed E-state index contributed by atoms with van der Waals surface area (Å²) in [6.45, 7) is 5.34. The zero-order chi connectivity index (χ0) is 14.7. The summed E-state index contributed by atoms with van der Waals surface area (Å²) < 4.78 is 3.77. The minimum Gasteiger partial charge on any atom is -0.382 e. The summed E-state index contributed by atoms with van der Waals surface area (Å²) in [6, 6.07) is 10.4. The van der Waals surface area contributed by atoms with E-state index in [4.69, 9.17) is 5.73 Å². The highest BCUT2D eigenvalue weighted by atomic mass is 15.3. The first-order valence-electron chi connectivity index (χ1n) is 6.91. The number of anilines is 1. The molecule has 0 atom stereocenters. The number of hydrogen-bond donors (Lipinski definition) is 1. The molecule has 0 aliphatic rings. The minimum atomic E-state index is 0.570. The maximum Gasteiger partial charge on any atom is 0.148 e. The van der Waals surface area contributed by atoms with Gasteiger partial charge in [0, 0.05) is 24.2 Å². The molecule has 0 aliphatic carbocycles. The van der Waals surface area contributed by atoms with Crippen molar-refractivity contribution in [1.29, 1.82) is 0 Å². The number of nitrogens with two attached hydrogens (primary N) is 1. The maximum atomic E-state index is 5.82. The number of aromatic nitrogens is 4. The Hall–Kier alpha value is -2.56. The van der Waals surface area contributed by atoms with Crippen molar-refractivity contribution in [3.05, 3.63) is 72.5 Å². The molecule has 3 rings (SSSR count). The van der Waals surface area contributed by atoms with Crippen molar-refractivity contribution < 1.29 is 0 Å². The number of nitrogen functional groups attached to an aromatic ring is 1. The summed E-state index contributed by atoms with van der Waals surface area (Å²) in [5.41, 5.74) is 9.23. The molecule has 3 aromatic rings. The van der Waals surface area contributed by atoms with Crippen LogP contribution in [0.25, 0.3) is 0 Å². The van der Waals surface area contributed by atoms with E-state index in [0.717, 1.165) is 12.1 Å². The molecule has 107 valence electrons. The Bertz CT molecular complexity index is 695. The second-order valence-electron chi connectivity index (χ2n) is 5.01. The van der Waals surface area contributed by atoms with Crippen LogP contribution in [0.4, 0.5) is 5.82 Å². The van der Waals surface area contributed by atoms with Crippen molar-refractivity contribution in [3.8, 4) is 0 Å². The van der Waals surface area contributed by atoms with E-state index in [1.807, 2.05) is 27.8 Å². The first-order chi connectivity index (χ1) is 10.2. The van der Waals surface area contributed by atoms with E-state index < -0.39 is 0 Å². The molecule has 21 heavy (non-hydrogen) atoms. The van der Waals surface area contributed by atoms with Crippen LogP contribution in [-0.2, 0) is 19.5 Å². The van der Waals surface area contributed by atoms with E-state index in [1.54, 1.807) is 6.20 Å². The number of hydrogen-bond acceptors (Lipinski definition) is 3. The average Bonchev–Trinajstić information content (AvgIpc) is 3.10. The van der Waals surface area contributed by atoms with Gasteiger partial charge in [-0.2, -0.15) is 10.2 Å². The Labute approximate surface area is 124 Å². The van der Waals surface area contributed by atoms with Crippen LogP contribution in [0.3, 0.4) is 0 Å². The molecular formula is C16H18N5. The fourth-order valence-corrected chi connectivity index (χ4v) is 2.27. The van der Waals surface area contributed by atoms with Crippen LogP contribution in [0.1, 0.15) is 16.7 Å². The van der Waals surface area contributed by atoms with E-state index in [1.165, 1.54) is 11.1 Å². The lowest BCUT2D eigenvalue weighted by molar-refractivity contribution is 0.680. The summed E-state index contributed by atoms with van der Waals surface area (Å²) in [5, 5.41) is 8.51. The monoisotopic (exact) mass is 280 g/mol. The quantitative estimate of drug-likeness (QED) is 0.779. The van der Waals surface area contributed by atoms with Crippen LogP contribution in [0.15, 0.2) is 48.9 Å². The third-order valence-corrected chi connectivity index (χ3v) is 3.41. The van der Waals surface area contributed by atoms with E-state index in [9.17, 15) is 0 Å². The molecule has 0 bridgehead atoms.